The molecule has 0 bridgehead atoms. The smallest absolute Gasteiger partial charge is 0.191 e. The van der Waals surface area contributed by atoms with Crippen molar-refractivity contribution in [3.8, 4) is 0 Å². The lowest BCUT2D eigenvalue weighted by atomic mass is 10.0. The molecule has 2 aromatic rings. The highest BCUT2D eigenvalue weighted by molar-refractivity contribution is 14.0. The molecule has 2 heterocycles. The van der Waals surface area contributed by atoms with Crippen molar-refractivity contribution in [2.75, 3.05) is 57.9 Å². The predicted molar refractivity (Wildman–Crippen MR) is 143 cm³/mol. The van der Waals surface area contributed by atoms with Crippen LogP contribution in [0.3, 0.4) is 0 Å². The SMILES string of the molecule is CN=C(NCC(c1ccc(C)cc1)N1CCOCC1)NC1CCN(c2ccccc2)C1.I. The number of aliphatic imine (C=N–C) groups is 1. The van der Waals surface area contributed by atoms with E-state index in [2.05, 4.69) is 86.9 Å². The normalized spacial score (nSPS) is 20.5. The van der Waals surface area contributed by atoms with Crippen molar-refractivity contribution in [1.82, 2.24) is 15.5 Å². The van der Waals surface area contributed by atoms with Gasteiger partial charge in [-0.25, -0.2) is 0 Å². The lowest BCUT2D eigenvalue weighted by Crippen LogP contribution is -2.48. The first kappa shape index (κ1) is 24.8. The standard InChI is InChI=1S/C25H35N5O.HI/c1-20-8-10-21(11-9-20)24(29-14-16-31-17-15-29)18-27-25(26-2)28-22-12-13-30(19-22)23-6-4-3-5-7-23;/h3-11,22,24H,12-19H2,1-2H3,(H2,26,27,28);1H. The molecule has 2 aliphatic heterocycles. The molecule has 2 unspecified atom stereocenters. The van der Waals surface area contributed by atoms with Crippen molar-refractivity contribution in [3.63, 3.8) is 0 Å². The molecule has 2 aliphatic rings. The summed E-state index contributed by atoms with van der Waals surface area (Å²) in [7, 11) is 1.86. The Hall–Kier alpha value is -1.84. The van der Waals surface area contributed by atoms with Crippen LogP contribution in [0.25, 0.3) is 0 Å². The van der Waals surface area contributed by atoms with Gasteiger partial charge in [-0.3, -0.25) is 9.89 Å². The maximum absolute atomic E-state index is 5.58. The van der Waals surface area contributed by atoms with Crippen LogP contribution in [0.15, 0.2) is 59.6 Å². The lowest BCUT2D eigenvalue weighted by Gasteiger charge is -2.35. The van der Waals surface area contributed by atoms with Gasteiger partial charge in [0.2, 0.25) is 0 Å². The fourth-order valence-corrected chi connectivity index (χ4v) is 4.47. The number of nitrogens with one attached hydrogen (secondary N) is 2. The number of halogens is 1. The predicted octanol–water partition coefficient (Wildman–Crippen LogP) is 3.43. The second-order valence-corrected chi connectivity index (χ2v) is 8.44. The third-order valence-electron chi connectivity index (χ3n) is 6.29. The summed E-state index contributed by atoms with van der Waals surface area (Å²) in [5, 5.41) is 7.24. The molecule has 0 aromatic heterocycles. The van der Waals surface area contributed by atoms with Gasteiger partial charge in [-0.1, -0.05) is 48.0 Å². The van der Waals surface area contributed by atoms with Crippen molar-refractivity contribution in [1.29, 1.82) is 0 Å². The molecule has 0 saturated carbocycles. The van der Waals surface area contributed by atoms with E-state index in [1.165, 1.54) is 16.8 Å². The second-order valence-electron chi connectivity index (χ2n) is 8.44. The van der Waals surface area contributed by atoms with E-state index in [4.69, 9.17) is 4.74 Å². The Kier molecular flexibility index (Phi) is 9.62. The van der Waals surface area contributed by atoms with Crippen LogP contribution in [0.2, 0.25) is 0 Å². The highest BCUT2D eigenvalue weighted by Crippen LogP contribution is 2.22. The van der Waals surface area contributed by atoms with Gasteiger partial charge < -0.3 is 20.3 Å². The van der Waals surface area contributed by atoms with Gasteiger partial charge >= 0.3 is 0 Å². The van der Waals surface area contributed by atoms with E-state index in [0.717, 1.165) is 58.3 Å². The largest absolute Gasteiger partial charge is 0.379 e. The van der Waals surface area contributed by atoms with Crippen molar-refractivity contribution < 1.29 is 4.74 Å². The Morgan fingerprint density at radius 3 is 2.47 bits per heavy atom. The van der Waals surface area contributed by atoms with Gasteiger partial charge in [0.15, 0.2) is 5.96 Å². The van der Waals surface area contributed by atoms with E-state index >= 15 is 0 Å². The van der Waals surface area contributed by atoms with Gasteiger partial charge in [-0.15, -0.1) is 24.0 Å². The number of nitrogens with zero attached hydrogens (tertiary/aromatic N) is 3. The lowest BCUT2D eigenvalue weighted by molar-refractivity contribution is 0.0170. The number of para-hydroxylation sites is 1. The number of hydrogen-bond acceptors (Lipinski definition) is 4. The first-order chi connectivity index (χ1) is 15.2. The molecule has 2 atom stereocenters. The summed E-state index contributed by atoms with van der Waals surface area (Å²) >= 11 is 0. The Bertz CT molecular complexity index is 839. The molecule has 0 radical (unpaired) electrons. The minimum absolute atomic E-state index is 0. The maximum atomic E-state index is 5.58. The number of benzene rings is 2. The van der Waals surface area contributed by atoms with E-state index in [9.17, 15) is 0 Å². The molecule has 4 rings (SSSR count). The third kappa shape index (κ3) is 6.59. The molecule has 2 N–H and O–H groups in total. The summed E-state index contributed by atoms with van der Waals surface area (Å²) in [5.74, 6) is 0.880. The summed E-state index contributed by atoms with van der Waals surface area (Å²) in [5.41, 5.74) is 3.92. The van der Waals surface area contributed by atoms with Gasteiger partial charge in [0, 0.05) is 51.5 Å². The average molecular weight is 550 g/mol. The number of aryl methyl sites for hydroxylation is 1. The molecule has 0 amide bonds. The Balaban J connectivity index is 0.00000289. The summed E-state index contributed by atoms with van der Waals surface area (Å²) in [6, 6.07) is 20.2. The van der Waals surface area contributed by atoms with Gasteiger partial charge in [0.05, 0.1) is 19.3 Å². The van der Waals surface area contributed by atoms with Crippen LogP contribution < -0.4 is 15.5 Å². The van der Waals surface area contributed by atoms with Crippen LogP contribution in [-0.2, 0) is 4.74 Å². The Labute approximate surface area is 209 Å². The monoisotopic (exact) mass is 549 g/mol. The molecule has 2 aromatic carbocycles. The summed E-state index contributed by atoms with van der Waals surface area (Å²) in [6.07, 6.45) is 1.11. The van der Waals surface area contributed by atoms with Crippen LogP contribution in [-0.4, -0.2) is 69.9 Å². The number of hydrogen-bond donors (Lipinski definition) is 2. The van der Waals surface area contributed by atoms with Gasteiger partial charge in [0.1, 0.15) is 0 Å². The third-order valence-corrected chi connectivity index (χ3v) is 6.29. The second kappa shape index (κ2) is 12.4. The maximum Gasteiger partial charge on any atom is 0.191 e. The zero-order valence-corrected chi connectivity index (χ0v) is 21.5. The first-order valence-electron chi connectivity index (χ1n) is 11.4. The van der Waals surface area contributed by atoms with Crippen LogP contribution in [0.1, 0.15) is 23.6 Å². The van der Waals surface area contributed by atoms with Crippen molar-refractivity contribution in [3.05, 3.63) is 65.7 Å². The van der Waals surface area contributed by atoms with E-state index in [1.54, 1.807) is 0 Å². The molecule has 0 aliphatic carbocycles. The quantitative estimate of drug-likeness (QED) is 0.329. The topological polar surface area (TPSA) is 52.1 Å². The van der Waals surface area contributed by atoms with E-state index in [0.29, 0.717) is 12.1 Å². The molecule has 32 heavy (non-hydrogen) atoms. The zero-order chi connectivity index (χ0) is 21.5. The summed E-state index contributed by atoms with van der Waals surface area (Å²) in [4.78, 5) is 9.46. The molecule has 2 fully saturated rings. The van der Waals surface area contributed by atoms with Crippen molar-refractivity contribution in [2.24, 2.45) is 4.99 Å². The van der Waals surface area contributed by atoms with Gasteiger partial charge in [-0.2, -0.15) is 0 Å². The Morgan fingerprint density at radius 2 is 1.78 bits per heavy atom. The number of ether oxygens (including phenoxy) is 1. The van der Waals surface area contributed by atoms with E-state index in [-0.39, 0.29) is 24.0 Å². The highest BCUT2D eigenvalue weighted by atomic mass is 127. The van der Waals surface area contributed by atoms with Crippen LogP contribution in [0, 0.1) is 6.92 Å². The van der Waals surface area contributed by atoms with Crippen molar-refractivity contribution in [2.45, 2.75) is 25.4 Å². The average Bonchev–Trinajstić information content (AvgIpc) is 3.29. The molecule has 6 nitrogen and oxygen atoms in total. The summed E-state index contributed by atoms with van der Waals surface area (Å²) < 4.78 is 5.58. The number of morpholine rings is 1. The number of anilines is 1. The van der Waals surface area contributed by atoms with E-state index < -0.39 is 0 Å². The van der Waals surface area contributed by atoms with E-state index in [1.807, 2.05) is 7.05 Å². The highest BCUT2D eigenvalue weighted by Gasteiger charge is 2.25. The van der Waals surface area contributed by atoms with Crippen molar-refractivity contribution >= 4 is 35.6 Å². The summed E-state index contributed by atoms with van der Waals surface area (Å²) in [6.45, 7) is 8.53. The van der Waals surface area contributed by atoms with Crippen LogP contribution in [0.5, 0.6) is 0 Å². The molecular weight excluding hydrogens is 513 g/mol. The zero-order valence-electron chi connectivity index (χ0n) is 19.2. The van der Waals surface area contributed by atoms with Crippen LogP contribution in [0.4, 0.5) is 5.69 Å². The molecule has 174 valence electrons. The number of guanidine groups is 1. The fraction of sp³-hybridized carbons (Fsp3) is 0.480. The molecular formula is C25H36IN5O. The Morgan fingerprint density at radius 1 is 1.06 bits per heavy atom. The first-order valence-corrected chi connectivity index (χ1v) is 11.4. The van der Waals surface area contributed by atoms with Gasteiger partial charge in [0.25, 0.3) is 0 Å². The fourth-order valence-electron chi connectivity index (χ4n) is 4.47. The minimum Gasteiger partial charge on any atom is -0.379 e. The molecule has 7 heteroatoms. The molecule has 0 spiro atoms. The minimum atomic E-state index is 0. The number of rotatable bonds is 6. The van der Waals surface area contributed by atoms with Crippen LogP contribution >= 0.6 is 24.0 Å². The van der Waals surface area contributed by atoms with Gasteiger partial charge in [-0.05, 0) is 31.0 Å². The molecule has 2 saturated heterocycles.